The summed E-state index contributed by atoms with van der Waals surface area (Å²) in [6, 6.07) is 0. The van der Waals surface area contributed by atoms with Gasteiger partial charge in [0, 0.05) is 0 Å². The van der Waals surface area contributed by atoms with Gasteiger partial charge >= 0.3 is 0 Å². The summed E-state index contributed by atoms with van der Waals surface area (Å²) in [6.45, 7) is 3.99. The standard InChI is InChI=1S/C9H15IO5/c1-8(2)14-4-9(15-8)7(12)6(11)5(10)3-13-9/h5-7,11-12H,3-4H2,1-2H3/t5-,6+,7-,9-/m0/s1. The summed E-state index contributed by atoms with van der Waals surface area (Å²) in [5.74, 6) is -1.98. The van der Waals surface area contributed by atoms with Crippen molar-refractivity contribution >= 4 is 22.6 Å². The van der Waals surface area contributed by atoms with E-state index in [4.69, 9.17) is 14.2 Å². The van der Waals surface area contributed by atoms with E-state index in [1.807, 2.05) is 22.6 Å². The Morgan fingerprint density at radius 3 is 2.47 bits per heavy atom. The summed E-state index contributed by atoms with van der Waals surface area (Å²) in [5, 5.41) is 19.7. The number of rotatable bonds is 0. The Morgan fingerprint density at radius 1 is 1.27 bits per heavy atom. The third-order valence-corrected chi connectivity index (χ3v) is 3.77. The van der Waals surface area contributed by atoms with Gasteiger partial charge in [-0.1, -0.05) is 22.6 Å². The SMILES string of the molecule is CC1(C)OC[C@]2(OC[C@H](I)[C@@H](O)[C@@H]2O)O1. The molecule has 2 aliphatic heterocycles. The van der Waals surface area contributed by atoms with Crippen LogP contribution in [0.1, 0.15) is 13.8 Å². The quantitative estimate of drug-likeness (QED) is 0.484. The van der Waals surface area contributed by atoms with Gasteiger partial charge in [-0.05, 0) is 13.8 Å². The van der Waals surface area contributed by atoms with E-state index in [1.165, 1.54) is 0 Å². The largest absolute Gasteiger partial charge is 0.389 e. The van der Waals surface area contributed by atoms with Gasteiger partial charge in [-0.15, -0.1) is 0 Å². The molecule has 6 heteroatoms. The molecule has 5 nitrogen and oxygen atoms in total. The Kier molecular flexibility index (Phi) is 3.02. The molecule has 0 aliphatic carbocycles. The minimum Gasteiger partial charge on any atom is -0.389 e. The Balaban J connectivity index is 2.16. The van der Waals surface area contributed by atoms with Gasteiger partial charge in [0.2, 0.25) is 5.79 Å². The lowest BCUT2D eigenvalue weighted by atomic mass is 9.99. The van der Waals surface area contributed by atoms with Crippen LogP contribution < -0.4 is 0 Å². The van der Waals surface area contributed by atoms with Crippen LogP contribution >= 0.6 is 22.6 Å². The summed E-state index contributed by atoms with van der Waals surface area (Å²) in [6.07, 6.45) is -1.92. The van der Waals surface area contributed by atoms with Gasteiger partial charge < -0.3 is 24.4 Å². The van der Waals surface area contributed by atoms with Crippen LogP contribution in [0, 0.1) is 0 Å². The van der Waals surface area contributed by atoms with Crippen molar-refractivity contribution in [2.24, 2.45) is 0 Å². The maximum Gasteiger partial charge on any atom is 0.224 e. The monoisotopic (exact) mass is 330 g/mol. The van der Waals surface area contributed by atoms with Crippen LogP contribution in [0.5, 0.6) is 0 Å². The second kappa shape index (κ2) is 3.78. The topological polar surface area (TPSA) is 68.2 Å². The van der Waals surface area contributed by atoms with Crippen LogP contribution in [0.15, 0.2) is 0 Å². The number of halogens is 1. The number of aliphatic hydroxyl groups excluding tert-OH is 2. The fourth-order valence-corrected chi connectivity index (χ4v) is 2.40. The molecule has 2 saturated heterocycles. The molecule has 0 aromatic heterocycles. The molecule has 2 heterocycles. The van der Waals surface area contributed by atoms with Crippen molar-refractivity contribution < 1.29 is 24.4 Å². The first-order chi connectivity index (χ1) is 6.86. The van der Waals surface area contributed by atoms with Crippen molar-refractivity contribution in [1.82, 2.24) is 0 Å². The molecule has 0 radical (unpaired) electrons. The van der Waals surface area contributed by atoms with Crippen LogP contribution in [0.25, 0.3) is 0 Å². The van der Waals surface area contributed by atoms with Gasteiger partial charge in [-0.25, -0.2) is 0 Å². The first-order valence-electron chi connectivity index (χ1n) is 4.85. The average molecular weight is 330 g/mol. The molecule has 0 aromatic rings. The molecule has 2 N–H and O–H groups in total. The molecule has 2 rings (SSSR count). The van der Waals surface area contributed by atoms with E-state index >= 15 is 0 Å². The molecule has 0 amide bonds. The van der Waals surface area contributed by atoms with Gasteiger partial charge in [0.15, 0.2) is 5.79 Å². The predicted octanol–water partition coefficient (Wildman–Crippen LogP) is 0.0212. The Morgan fingerprint density at radius 2 is 1.93 bits per heavy atom. The highest BCUT2D eigenvalue weighted by Crippen LogP contribution is 2.39. The lowest BCUT2D eigenvalue weighted by Crippen LogP contribution is -2.61. The zero-order valence-corrected chi connectivity index (χ0v) is 10.8. The van der Waals surface area contributed by atoms with Crippen LogP contribution in [0.3, 0.4) is 0 Å². The lowest BCUT2D eigenvalue weighted by molar-refractivity contribution is -0.318. The van der Waals surface area contributed by atoms with Gasteiger partial charge in [-0.3, -0.25) is 0 Å². The first-order valence-corrected chi connectivity index (χ1v) is 6.09. The molecule has 2 aliphatic rings. The molecule has 0 unspecified atom stereocenters. The van der Waals surface area contributed by atoms with Crippen LogP contribution in [0.4, 0.5) is 0 Å². The van der Waals surface area contributed by atoms with Gasteiger partial charge in [-0.2, -0.15) is 0 Å². The highest BCUT2D eigenvalue weighted by Gasteiger charge is 2.57. The molecular weight excluding hydrogens is 315 g/mol. The third-order valence-electron chi connectivity index (χ3n) is 2.67. The number of hydrogen-bond acceptors (Lipinski definition) is 5. The minimum absolute atomic E-state index is 0.129. The van der Waals surface area contributed by atoms with E-state index in [2.05, 4.69) is 0 Å². The smallest absolute Gasteiger partial charge is 0.224 e. The number of alkyl halides is 1. The average Bonchev–Trinajstić information content (AvgIpc) is 2.47. The van der Waals surface area contributed by atoms with E-state index in [-0.39, 0.29) is 10.5 Å². The molecule has 0 bridgehead atoms. The molecule has 15 heavy (non-hydrogen) atoms. The van der Waals surface area contributed by atoms with Gasteiger partial charge in [0.05, 0.1) is 16.6 Å². The van der Waals surface area contributed by atoms with Crippen LogP contribution in [-0.4, -0.2) is 51.1 Å². The summed E-state index contributed by atoms with van der Waals surface area (Å²) < 4.78 is 16.3. The lowest BCUT2D eigenvalue weighted by Gasteiger charge is -2.41. The molecule has 88 valence electrons. The van der Waals surface area contributed by atoms with E-state index in [0.717, 1.165) is 0 Å². The highest BCUT2D eigenvalue weighted by atomic mass is 127. The molecular formula is C9H15IO5. The number of hydrogen-bond donors (Lipinski definition) is 2. The van der Waals surface area contributed by atoms with Crippen molar-refractivity contribution in [3.8, 4) is 0 Å². The summed E-state index contributed by atoms with van der Waals surface area (Å²) in [7, 11) is 0. The summed E-state index contributed by atoms with van der Waals surface area (Å²) >= 11 is 2.05. The molecule has 4 atom stereocenters. The molecule has 2 fully saturated rings. The molecule has 0 saturated carbocycles. The fraction of sp³-hybridized carbons (Fsp3) is 1.00. The normalized spacial score (nSPS) is 49.8. The van der Waals surface area contributed by atoms with Gasteiger partial charge in [0.1, 0.15) is 12.7 Å². The second-order valence-electron chi connectivity index (χ2n) is 4.36. The van der Waals surface area contributed by atoms with Gasteiger partial charge in [0.25, 0.3) is 0 Å². The molecule has 1 spiro atoms. The van der Waals surface area contributed by atoms with E-state index in [9.17, 15) is 10.2 Å². The van der Waals surface area contributed by atoms with E-state index < -0.39 is 23.8 Å². The maximum absolute atomic E-state index is 9.95. The second-order valence-corrected chi connectivity index (χ2v) is 5.96. The van der Waals surface area contributed by atoms with Crippen molar-refractivity contribution in [2.45, 2.75) is 41.6 Å². The van der Waals surface area contributed by atoms with Crippen molar-refractivity contribution in [2.75, 3.05) is 13.2 Å². The Bertz CT molecular complexity index is 259. The summed E-state index contributed by atoms with van der Waals surface area (Å²) in [5.41, 5.74) is 0. The highest BCUT2D eigenvalue weighted by molar-refractivity contribution is 14.1. The van der Waals surface area contributed by atoms with E-state index in [0.29, 0.717) is 6.61 Å². The fourth-order valence-electron chi connectivity index (χ4n) is 1.83. The van der Waals surface area contributed by atoms with Crippen LogP contribution in [0.2, 0.25) is 0 Å². The van der Waals surface area contributed by atoms with Crippen molar-refractivity contribution in [1.29, 1.82) is 0 Å². The predicted molar refractivity (Wildman–Crippen MR) is 59.6 cm³/mol. The Hall–Kier alpha value is 0.530. The van der Waals surface area contributed by atoms with Crippen molar-refractivity contribution in [3.05, 3.63) is 0 Å². The minimum atomic E-state index is -1.20. The van der Waals surface area contributed by atoms with Crippen molar-refractivity contribution in [3.63, 3.8) is 0 Å². The van der Waals surface area contributed by atoms with Crippen LogP contribution in [-0.2, 0) is 14.2 Å². The first kappa shape index (κ1) is 12.0. The molecule has 0 aromatic carbocycles. The summed E-state index contributed by atoms with van der Waals surface area (Å²) in [4.78, 5) is 0. The zero-order valence-electron chi connectivity index (χ0n) is 8.64. The third kappa shape index (κ3) is 2.03. The Labute approximate surface area is 102 Å². The number of ether oxygens (including phenoxy) is 3. The number of aliphatic hydroxyl groups is 2. The van der Waals surface area contributed by atoms with E-state index in [1.54, 1.807) is 13.8 Å². The zero-order chi connectivity index (χ0) is 11.3. The maximum atomic E-state index is 9.95.